The van der Waals surface area contributed by atoms with Gasteiger partial charge in [-0.1, -0.05) is 24.6 Å². The van der Waals surface area contributed by atoms with E-state index in [1.54, 1.807) is 0 Å². The average Bonchev–Trinajstić information content (AvgIpc) is 2.48. The van der Waals surface area contributed by atoms with Gasteiger partial charge in [0.1, 0.15) is 0 Å². The summed E-state index contributed by atoms with van der Waals surface area (Å²) in [5, 5.41) is 2.69. The van der Waals surface area contributed by atoms with E-state index in [2.05, 4.69) is 20.3 Å². The van der Waals surface area contributed by atoms with Crippen molar-refractivity contribution in [1.82, 2.24) is 5.32 Å². The highest BCUT2D eigenvalue weighted by Gasteiger charge is 2.31. The summed E-state index contributed by atoms with van der Waals surface area (Å²) in [4.78, 5) is 24.7. The number of benzene rings is 1. The van der Waals surface area contributed by atoms with Crippen molar-refractivity contribution < 1.29 is 4.79 Å². The molecular weight excluding hydrogens is 266 g/mol. The van der Waals surface area contributed by atoms with Crippen molar-refractivity contribution in [2.45, 2.75) is 25.7 Å². The van der Waals surface area contributed by atoms with Gasteiger partial charge < -0.3 is 5.73 Å². The first-order chi connectivity index (χ1) is 10.2. The fourth-order valence-corrected chi connectivity index (χ4v) is 2.59. The summed E-state index contributed by atoms with van der Waals surface area (Å²) in [6.07, 6.45) is 3.86. The Morgan fingerprint density at radius 3 is 2.90 bits per heavy atom. The van der Waals surface area contributed by atoms with Crippen molar-refractivity contribution in [1.29, 1.82) is 0 Å². The molecule has 3 rings (SSSR count). The normalized spacial score (nSPS) is 24.3. The van der Waals surface area contributed by atoms with E-state index >= 15 is 0 Å². The molecule has 108 valence electrons. The highest BCUT2D eigenvalue weighted by atomic mass is 16.2. The Morgan fingerprint density at radius 1 is 1.29 bits per heavy atom. The van der Waals surface area contributed by atoms with Crippen LogP contribution in [0.1, 0.15) is 25.7 Å². The van der Waals surface area contributed by atoms with Crippen LogP contribution in [0.2, 0.25) is 0 Å². The Labute approximate surface area is 122 Å². The third-order valence-electron chi connectivity index (χ3n) is 3.60. The first-order valence-corrected chi connectivity index (χ1v) is 7.08. The van der Waals surface area contributed by atoms with Crippen molar-refractivity contribution in [3.63, 3.8) is 0 Å². The molecule has 1 atom stereocenters. The average molecular weight is 283 g/mol. The molecule has 1 heterocycles. The largest absolute Gasteiger partial charge is 0.368 e. The Bertz CT molecular complexity index is 633. The minimum Gasteiger partial charge on any atom is -0.368 e. The van der Waals surface area contributed by atoms with Gasteiger partial charge in [0.25, 0.3) is 0 Å². The number of nitrogens with zero attached hydrogens (tertiary/aromatic N) is 3. The molecule has 1 fully saturated rings. The first-order valence-electron chi connectivity index (χ1n) is 7.08. The van der Waals surface area contributed by atoms with Crippen LogP contribution in [0, 0.1) is 5.92 Å². The highest BCUT2D eigenvalue weighted by Crippen LogP contribution is 2.24. The van der Waals surface area contributed by atoms with E-state index in [0.717, 1.165) is 31.4 Å². The van der Waals surface area contributed by atoms with Gasteiger partial charge in [-0.25, -0.2) is 9.98 Å². The minimum atomic E-state index is -0.0926. The van der Waals surface area contributed by atoms with Crippen LogP contribution in [0.15, 0.2) is 45.3 Å². The molecule has 0 spiro atoms. The van der Waals surface area contributed by atoms with Crippen LogP contribution < -0.4 is 11.1 Å². The van der Waals surface area contributed by atoms with Crippen molar-refractivity contribution in [2.75, 3.05) is 0 Å². The molecule has 3 N–H and O–H groups in total. The van der Waals surface area contributed by atoms with Gasteiger partial charge in [-0.3, -0.25) is 10.1 Å². The number of fused-ring (bicyclic) bond motifs is 1. The van der Waals surface area contributed by atoms with Gasteiger partial charge in [0.05, 0.1) is 11.6 Å². The predicted molar refractivity (Wildman–Crippen MR) is 82.7 cm³/mol. The number of nitrogens with two attached hydrogens (primary N) is 1. The van der Waals surface area contributed by atoms with Crippen molar-refractivity contribution in [2.24, 2.45) is 26.6 Å². The molecular formula is C15H17N5O. The molecule has 1 aromatic carbocycles. The van der Waals surface area contributed by atoms with E-state index in [-0.39, 0.29) is 23.7 Å². The Balaban J connectivity index is 1.83. The zero-order valence-electron chi connectivity index (χ0n) is 11.6. The molecule has 0 aromatic heterocycles. The molecule has 0 radical (unpaired) electrons. The standard InChI is InChI=1S/C15H17N5O/c16-14(17-10-6-2-1-3-7-10)20-15-18-12-9-5-4-8-11(12)13(21)19-15/h1-3,6-7,11H,4-5,8-9H2,(H3,16,17,19,20,21). The molecule has 6 heteroatoms. The maximum Gasteiger partial charge on any atom is 0.235 e. The molecule has 1 saturated carbocycles. The van der Waals surface area contributed by atoms with Crippen molar-refractivity contribution in [3.8, 4) is 0 Å². The fourth-order valence-electron chi connectivity index (χ4n) is 2.59. The smallest absolute Gasteiger partial charge is 0.235 e. The topological polar surface area (TPSA) is 92.2 Å². The van der Waals surface area contributed by atoms with Gasteiger partial charge in [-0.05, 0) is 31.4 Å². The molecule has 6 nitrogen and oxygen atoms in total. The van der Waals surface area contributed by atoms with E-state index in [1.807, 2.05) is 30.3 Å². The molecule has 21 heavy (non-hydrogen) atoms. The lowest BCUT2D eigenvalue weighted by atomic mass is 9.86. The fraction of sp³-hybridized carbons (Fsp3) is 0.333. The van der Waals surface area contributed by atoms with E-state index in [0.29, 0.717) is 5.69 Å². The van der Waals surface area contributed by atoms with Crippen LogP contribution in [0.25, 0.3) is 0 Å². The summed E-state index contributed by atoms with van der Waals surface area (Å²) in [7, 11) is 0. The van der Waals surface area contributed by atoms with E-state index in [4.69, 9.17) is 5.73 Å². The number of aliphatic imine (C=N–C) groups is 3. The quantitative estimate of drug-likeness (QED) is 0.607. The number of guanidine groups is 2. The molecule has 1 amide bonds. The third kappa shape index (κ3) is 3.16. The Kier molecular flexibility index (Phi) is 3.77. The molecule has 1 aromatic rings. The summed E-state index contributed by atoms with van der Waals surface area (Å²) in [6, 6.07) is 9.30. The van der Waals surface area contributed by atoms with Crippen LogP contribution in [0.4, 0.5) is 5.69 Å². The summed E-state index contributed by atoms with van der Waals surface area (Å²) in [5.74, 6) is 0.191. The number of rotatable bonds is 1. The zero-order chi connectivity index (χ0) is 14.7. The highest BCUT2D eigenvalue weighted by molar-refractivity contribution is 6.19. The Morgan fingerprint density at radius 2 is 2.10 bits per heavy atom. The van der Waals surface area contributed by atoms with Crippen LogP contribution >= 0.6 is 0 Å². The zero-order valence-corrected chi connectivity index (χ0v) is 11.6. The second kappa shape index (κ2) is 5.87. The molecule has 1 unspecified atom stereocenters. The number of para-hydroxylation sites is 1. The van der Waals surface area contributed by atoms with Crippen LogP contribution in [0.3, 0.4) is 0 Å². The lowest BCUT2D eigenvalue weighted by Gasteiger charge is -2.26. The predicted octanol–water partition coefficient (Wildman–Crippen LogP) is 1.75. The molecule has 1 aliphatic carbocycles. The van der Waals surface area contributed by atoms with Gasteiger partial charge >= 0.3 is 0 Å². The number of hydrogen-bond acceptors (Lipinski definition) is 2. The lowest BCUT2D eigenvalue weighted by Crippen LogP contribution is -2.45. The number of hydrogen-bond donors (Lipinski definition) is 2. The van der Waals surface area contributed by atoms with Gasteiger partial charge in [-0.2, -0.15) is 4.99 Å². The van der Waals surface area contributed by atoms with Crippen LogP contribution in [-0.2, 0) is 4.79 Å². The molecule has 0 bridgehead atoms. The van der Waals surface area contributed by atoms with Gasteiger partial charge in [0.15, 0.2) is 0 Å². The van der Waals surface area contributed by atoms with Crippen LogP contribution in [-0.4, -0.2) is 23.5 Å². The van der Waals surface area contributed by atoms with Gasteiger partial charge in [0.2, 0.25) is 17.8 Å². The second-order valence-electron chi connectivity index (χ2n) is 5.13. The summed E-state index contributed by atoms with van der Waals surface area (Å²) < 4.78 is 0. The van der Waals surface area contributed by atoms with E-state index in [9.17, 15) is 4.79 Å². The van der Waals surface area contributed by atoms with E-state index < -0.39 is 0 Å². The maximum atomic E-state index is 12.0. The van der Waals surface area contributed by atoms with Crippen LogP contribution in [0.5, 0.6) is 0 Å². The van der Waals surface area contributed by atoms with E-state index in [1.165, 1.54) is 0 Å². The molecule has 1 aliphatic heterocycles. The van der Waals surface area contributed by atoms with Crippen molar-refractivity contribution in [3.05, 3.63) is 30.3 Å². The third-order valence-corrected chi connectivity index (χ3v) is 3.60. The van der Waals surface area contributed by atoms with Gasteiger partial charge in [0, 0.05) is 5.71 Å². The summed E-state index contributed by atoms with van der Waals surface area (Å²) in [6.45, 7) is 0. The van der Waals surface area contributed by atoms with Gasteiger partial charge in [-0.15, -0.1) is 0 Å². The maximum absolute atomic E-state index is 12.0. The van der Waals surface area contributed by atoms with Crippen molar-refractivity contribution >= 4 is 29.2 Å². The number of carbonyl (C=O) groups is 1. The Hall–Kier alpha value is -2.50. The summed E-state index contributed by atoms with van der Waals surface area (Å²) in [5.41, 5.74) is 7.42. The minimum absolute atomic E-state index is 0.0361. The second-order valence-corrected chi connectivity index (χ2v) is 5.13. The SMILES string of the molecule is NC(=Nc1ccccc1)N=C1N=C2CCCCC2C(=O)N1. The number of nitrogens with one attached hydrogen (secondary N) is 1. The lowest BCUT2D eigenvalue weighted by molar-refractivity contribution is -0.122. The molecule has 0 saturated heterocycles. The molecule has 2 aliphatic rings. The number of carbonyl (C=O) groups excluding carboxylic acids is 1. The monoisotopic (exact) mass is 283 g/mol. The summed E-state index contributed by atoms with van der Waals surface area (Å²) >= 11 is 0. The first kappa shape index (κ1) is 13.5. The number of amides is 1.